The third kappa shape index (κ3) is 3.99. The van der Waals surface area contributed by atoms with E-state index in [1.165, 1.54) is 15.7 Å². The standard InChI is InChI=1S/C21H22O2S/c1-15(23)12-21(20-9-5-4-8-18(20)14-22)24-19-11-10-16-6-2-3-7-17(16)13-19/h2-11,13,15,21-23H,12,14H2,1H3. The first-order valence-electron chi connectivity index (χ1n) is 8.19. The van der Waals surface area contributed by atoms with E-state index in [9.17, 15) is 10.2 Å². The van der Waals surface area contributed by atoms with Gasteiger partial charge in [-0.2, -0.15) is 0 Å². The van der Waals surface area contributed by atoms with E-state index < -0.39 is 6.10 Å². The van der Waals surface area contributed by atoms with Crippen molar-refractivity contribution in [3.8, 4) is 0 Å². The van der Waals surface area contributed by atoms with Crippen molar-refractivity contribution >= 4 is 22.5 Å². The van der Waals surface area contributed by atoms with Gasteiger partial charge in [0, 0.05) is 10.1 Å². The summed E-state index contributed by atoms with van der Waals surface area (Å²) in [7, 11) is 0. The highest BCUT2D eigenvalue weighted by Gasteiger charge is 2.18. The summed E-state index contributed by atoms with van der Waals surface area (Å²) >= 11 is 1.74. The quantitative estimate of drug-likeness (QED) is 0.626. The van der Waals surface area contributed by atoms with Gasteiger partial charge in [0.05, 0.1) is 12.7 Å². The molecule has 2 atom stereocenters. The maximum Gasteiger partial charge on any atom is 0.0684 e. The molecule has 3 rings (SSSR count). The Morgan fingerprint density at radius 3 is 2.38 bits per heavy atom. The minimum absolute atomic E-state index is 0.0186. The van der Waals surface area contributed by atoms with Crippen LogP contribution in [-0.4, -0.2) is 16.3 Å². The molecule has 2 N–H and O–H groups in total. The average Bonchev–Trinajstić information content (AvgIpc) is 2.60. The van der Waals surface area contributed by atoms with Crippen molar-refractivity contribution in [1.82, 2.24) is 0 Å². The minimum Gasteiger partial charge on any atom is -0.393 e. The van der Waals surface area contributed by atoms with Gasteiger partial charge in [-0.15, -0.1) is 11.8 Å². The van der Waals surface area contributed by atoms with Crippen LogP contribution in [0.2, 0.25) is 0 Å². The smallest absolute Gasteiger partial charge is 0.0684 e. The zero-order chi connectivity index (χ0) is 16.9. The fourth-order valence-electron chi connectivity index (χ4n) is 2.95. The highest BCUT2D eigenvalue weighted by molar-refractivity contribution is 7.99. The first-order chi connectivity index (χ1) is 11.7. The predicted molar refractivity (Wildman–Crippen MR) is 101 cm³/mol. The Hall–Kier alpha value is -1.81. The molecular weight excluding hydrogens is 316 g/mol. The van der Waals surface area contributed by atoms with E-state index in [1.807, 2.05) is 43.3 Å². The van der Waals surface area contributed by atoms with Crippen LogP contribution >= 0.6 is 11.8 Å². The molecule has 0 bridgehead atoms. The first-order valence-corrected chi connectivity index (χ1v) is 9.07. The molecule has 3 heteroatoms. The Morgan fingerprint density at radius 1 is 0.917 bits per heavy atom. The number of rotatable bonds is 6. The zero-order valence-electron chi connectivity index (χ0n) is 13.7. The number of aliphatic hydroxyl groups excluding tert-OH is 2. The van der Waals surface area contributed by atoms with E-state index >= 15 is 0 Å². The molecule has 2 nitrogen and oxygen atoms in total. The Morgan fingerprint density at radius 2 is 1.62 bits per heavy atom. The van der Waals surface area contributed by atoms with Crippen molar-refractivity contribution in [3.05, 3.63) is 77.9 Å². The van der Waals surface area contributed by atoms with Gasteiger partial charge in [-0.1, -0.05) is 54.6 Å². The van der Waals surface area contributed by atoms with Crippen LogP contribution in [0.3, 0.4) is 0 Å². The van der Waals surface area contributed by atoms with Crippen molar-refractivity contribution in [2.45, 2.75) is 36.2 Å². The van der Waals surface area contributed by atoms with Gasteiger partial charge in [0.25, 0.3) is 0 Å². The first kappa shape index (κ1) is 17.0. The number of fused-ring (bicyclic) bond motifs is 1. The summed E-state index contributed by atoms with van der Waals surface area (Å²) in [4.78, 5) is 1.17. The van der Waals surface area contributed by atoms with Crippen molar-refractivity contribution in [3.63, 3.8) is 0 Å². The number of thioether (sulfide) groups is 1. The van der Waals surface area contributed by atoms with Crippen molar-refractivity contribution in [2.24, 2.45) is 0 Å². The van der Waals surface area contributed by atoms with E-state index in [0.717, 1.165) is 11.1 Å². The van der Waals surface area contributed by atoms with E-state index in [1.54, 1.807) is 11.8 Å². The highest BCUT2D eigenvalue weighted by atomic mass is 32.2. The zero-order valence-corrected chi connectivity index (χ0v) is 14.5. The average molecular weight is 338 g/mol. The maximum absolute atomic E-state index is 9.92. The van der Waals surface area contributed by atoms with E-state index in [-0.39, 0.29) is 11.9 Å². The summed E-state index contributed by atoms with van der Waals surface area (Å²) < 4.78 is 0. The molecule has 0 saturated heterocycles. The molecule has 3 aromatic rings. The molecule has 0 heterocycles. The molecule has 0 aliphatic carbocycles. The van der Waals surface area contributed by atoms with Crippen molar-refractivity contribution < 1.29 is 10.2 Å². The fraction of sp³-hybridized carbons (Fsp3) is 0.238. The lowest BCUT2D eigenvalue weighted by atomic mass is 10.0. The molecule has 0 fully saturated rings. The Kier molecular flexibility index (Phi) is 5.56. The van der Waals surface area contributed by atoms with Gasteiger partial charge in [0.1, 0.15) is 0 Å². The second-order valence-electron chi connectivity index (χ2n) is 6.06. The predicted octanol–water partition coefficient (Wildman–Crippen LogP) is 4.94. The Bertz CT molecular complexity index is 814. The second kappa shape index (κ2) is 7.84. The molecule has 0 aliphatic rings. The van der Waals surface area contributed by atoms with Gasteiger partial charge >= 0.3 is 0 Å². The second-order valence-corrected chi connectivity index (χ2v) is 7.33. The van der Waals surface area contributed by atoms with E-state index in [0.29, 0.717) is 6.42 Å². The van der Waals surface area contributed by atoms with Gasteiger partial charge in [-0.3, -0.25) is 0 Å². The Labute approximate surface area is 147 Å². The number of aliphatic hydroxyl groups is 2. The molecule has 0 spiro atoms. The number of hydrogen-bond acceptors (Lipinski definition) is 3. The summed E-state index contributed by atoms with van der Waals surface area (Å²) in [5, 5.41) is 22.1. The monoisotopic (exact) mass is 338 g/mol. The van der Waals surface area contributed by atoms with Crippen LogP contribution in [0.15, 0.2) is 71.6 Å². The molecule has 0 aromatic heterocycles. The van der Waals surface area contributed by atoms with Crippen LogP contribution in [0.1, 0.15) is 29.7 Å². The van der Waals surface area contributed by atoms with Crippen LogP contribution in [-0.2, 0) is 6.61 Å². The molecule has 0 aliphatic heterocycles. The summed E-state index contributed by atoms with van der Waals surface area (Å²) in [5.41, 5.74) is 2.02. The maximum atomic E-state index is 9.92. The Balaban J connectivity index is 1.93. The molecule has 0 amide bonds. The van der Waals surface area contributed by atoms with Crippen LogP contribution in [0, 0.1) is 0 Å². The SMILES string of the molecule is CC(O)CC(Sc1ccc2ccccc2c1)c1ccccc1CO. The molecule has 124 valence electrons. The molecular formula is C21H22O2S. The fourth-order valence-corrected chi connectivity index (χ4v) is 4.35. The third-order valence-electron chi connectivity index (χ3n) is 4.13. The van der Waals surface area contributed by atoms with Crippen LogP contribution in [0.4, 0.5) is 0 Å². The molecule has 3 aromatic carbocycles. The summed E-state index contributed by atoms with van der Waals surface area (Å²) in [5.74, 6) is 0. The molecule has 24 heavy (non-hydrogen) atoms. The van der Waals surface area contributed by atoms with Crippen LogP contribution in [0.5, 0.6) is 0 Å². The van der Waals surface area contributed by atoms with Gasteiger partial charge in [0.2, 0.25) is 0 Å². The lowest BCUT2D eigenvalue weighted by Crippen LogP contribution is -2.08. The number of hydrogen-bond donors (Lipinski definition) is 2. The summed E-state index contributed by atoms with van der Waals surface area (Å²) in [6.45, 7) is 1.83. The van der Waals surface area contributed by atoms with Crippen LogP contribution < -0.4 is 0 Å². The minimum atomic E-state index is -0.394. The topological polar surface area (TPSA) is 40.5 Å². The summed E-state index contributed by atoms with van der Waals surface area (Å²) in [6.07, 6.45) is 0.254. The molecule has 2 unspecified atom stereocenters. The molecule has 0 saturated carbocycles. The van der Waals surface area contributed by atoms with E-state index in [2.05, 4.69) is 30.3 Å². The largest absolute Gasteiger partial charge is 0.393 e. The van der Waals surface area contributed by atoms with Crippen molar-refractivity contribution in [1.29, 1.82) is 0 Å². The van der Waals surface area contributed by atoms with Gasteiger partial charge in [-0.25, -0.2) is 0 Å². The highest BCUT2D eigenvalue weighted by Crippen LogP contribution is 2.40. The van der Waals surface area contributed by atoms with Crippen LogP contribution in [0.25, 0.3) is 10.8 Å². The summed E-state index contributed by atoms with van der Waals surface area (Å²) in [6, 6.07) is 22.7. The van der Waals surface area contributed by atoms with Gasteiger partial charge in [-0.05, 0) is 47.4 Å². The lowest BCUT2D eigenvalue weighted by Gasteiger charge is -2.21. The number of benzene rings is 3. The van der Waals surface area contributed by atoms with E-state index in [4.69, 9.17) is 0 Å². The lowest BCUT2D eigenvalue weighted by molar-refractivity contribution is 0.183. The third-order valence-corrected chi connectivity index (χ3v) is 5.38. The van der Waals surface area contributed by atoms with Gasteiger partial charge in [0.15, 0.2) is 0 Å². The van der Waals surface area contributed by atoms with Crippen molar-refractivity contribution in [2.75, 3.05) is 0 Å². The molecule has 0 radical (unpaired) electrons. The normalized spacial score (nSPS) is 13.8. The van der Waals surface area contributed by atoms with Gasteiger partial charge < -0.3 is 10.2 Å².